The maximum absolute atomic E-state index is 4.19. The Morgan fingerprint density at radius 1 is 1.26 bits per heavy atom. The molecule has 0 aromatic carbocycles. The zero-order valence-electron chi connectivity index (χ0n) is 11.6. The van der Waals surface area contributed by atoms with Gasteiger partial charge in [-0.2, -0.15) is 0 Å². The average Bonchev–Trinajstić information content (AvgIpc) is 2.50. The Kier molecular flexibility index (Phi) is 4.06. The van der Waals surface area contributed by atoms with E-state index in [9.17, 15) is 0 Å². The van der Waals surface area contributed by atoms with E-state index in [0.717, 1.165) is 19.5 Å². The largest absolute Gasteiger partial charge is 0.308 e. The molecule has 0 spiro atoms. The van der Waals surface area contributed by atoms with Gasteiger partial charge in [0.2, 0.25) is 0 Å². The molecule has 5 heteroatoms. The minimum atomic E-state index is 0.351. The fraction of sp³-hybridized carbons (Fsp3) is 0.714. The first-order chi connectivity index (χ1) is 9.38. The maximum atomic E-state index is 4.19. The number of hydrogen-bond donors (Lipinski definition) is 1. The van der Waals surface area contributed by atoms with Crippen LogP contribution in [-0.4, -0.2) is 65.1 Å². The van der Waals surface area contributed by atoms with Gasteiger partial charge in [0.15, 0.2) is 0 Å². The monoisotopic (exact) mass is 261 g/mol. The van der Waals surface area contributed by atoms with Crippen LogP contribution in [0.25, 0.3) is 0 Å². The highest BCUT2D eigenvalue weighted by Gasteiger charge is 2.37. The Hall–Kier alpha value is -1.04. The first-order valence-electron chi connectivity index (χ1n) is 7.33. The van der Waals surface area contributed by atoms with Crippen molar-refractivity contribution in [2.75, 3.05) is 39.3 Å². The van der Waals surface area contributed by atoms with Crippen LogP contribution in [0.4, 0.5) is 0 Å². The van der Waals surface area contributed by atoms with Crippen molar-refractivity contribution >= 4 is 0 Å². The molecule has 0 amide bonds. The minimum absolute atomic E-state index is 0.351. The summed E-state index contributed by atoms with van der Waals surface area (Å²) < 4.78 is 0. The molecule has 2 unspecified atom stereocenters. The molecule has 5 nitrogen and oxygen atoms in total. The summed E-state index contributed by atoms with van der Waals surface area (Å²) in [5.41, 5.74) is 1.22. The molecular formula is C14H23N5. The van der Waals surface area contributed by atoms with Crippen LogP contribution >= 0.6 is 0 Å². The molecule has 0 radical (unpaired) electrons. The van der Waals surface area contributed by atoms with Gasteiger partial charge in [0.1, 0.15) is 6.33 Å². The summed E-state index contributed by atoms with van der Waals surface area (Å²) in [6.45, 7) is 9.26. The van der Waals surface area contributed by atoms with E-state index in [1.54, 1.807) is 6.33 Å². The smallest absolute Gasteiger partial charge is 0.115 e. The van der Waals surface area contributed by atoms with E-state index in [1.165, 1.54) is 31.7 Å². The number of nitrogens with one attached hydrogen (secondary N) is 1. The van der Waals surface area contributed by atoms with Crippen LogP contribution in [0, 0.1) is 0 Å². The van der Waals surface area contributed by atoms with Gasteiger partial charge in [0.05, 0.1) is 6.04 Å². The standard InChI is InChI=1S/C14H23N5/c1-2-3-17-14(12-8-15-11-16-9-12)13-10-18-4-6-19(13)7-5-18/h8-9,11,13-14,17H,2-7,10H2,1H3. The molecule has 0 saturated carbocycles. The van der Waals surface area contributed by atoms with Gasteiger partial charge < -0.3 is 5.32 Å². The summed E-state index contributed by atoms with van der Waals surface area (Å²) in [5, 5.41) is 3.69. The Morgan fingerprint density at radius 3 is 2.58 bits per heavy atom. The lowest BCUT2D eigenvalue weighted by Gasteiger charge is -2.50. The lowest BCUT2D eigenvalue weighted by molar-refractivity contribution is -0.00374. The number of nitrogens with zero attached hydrogens (tertiary/aromatic N) is 4. The minimum Gasteiger partial charge on any atom is -0.308 e. The molecule has 3 fully saturated rings. The van der Waals surface area contributed by atoms with E-state index in [-0.39, 0.29) is 0 Å². The number of hydrogen-bond acceptors (Lipinski definition) is 5. The molecule has 1 aromatic heterocycles. The average molecular weight is 261 g/mol. The normalized spacial score (nSPS) is 31.3. The number of aromatic nitrogens is 2. The maximum Gasteiger partial charge on any atom is 0.115 e. The van der Waals surface area contributed by atoms with Crippen LogP contribution < -0.4 is 5.32 Å². The van der Waals surface area contributed by atoms with Gasteiger partial charge in [-0.05, 0) is 13.0 Å². The first-order valence-corrected chi connectivity index (χ1v) is 7.33. The summed E-state index contributed by atoms with van der Waals surface area (Å²) in [5.74, 6) is 0. The molecule has 0 aliphatic carbocycles. The SMILES string of the molecule is CCCNC(c1cncnc1)C1CN2CCN1CC2. The quantitative estimate of drug-likeness (QED) is 0.837. The van der Waals surface area contributed by atoms with Crippen molar-refractivity contribution in [1.82, 2.24) is 25.1 Å². The van der Waals surface area contributed by atoms with Gasteiger partial charge in [-0.15, -0.1) is 0 Å². The molecule has 104 valence electrons. The van der Waals surface area contributed by atoms with Crippen LogP contribution in [0.3, 0.4) is 0 Å². The molecule has 4 rings (SSSR count). The zero-order valence-corrected chi connectivity index (χ0v) is 11.6. The van der Waals surface area contributed by atoms with Crippen LogP contribution in [0.5, 0.6) is 0 Å². The summed E-state index contributed by atoms with van der Waals surface area (Å²) in [6, 6.07) is 0.907. The van der Waals surface area contributed by atoms with Crippen molar-refractivity contribution in [2.24, 2.45) is 0 Å². The van der Waals surface area contributed by atoms with Crippen LogP contribution in [-0.2, 0) is 0 Å². The molecule has 3 aliphatic heterocycles. The fourth-order valence-electron chi connectivity index (χ4n) is 3.22. The molecular weight excluding hydrogens is 238 g/mol. The Balaban J connectivity index is 1.79. The molecule has 2 bridgehead atoms. The third-order valence-corrected chi connectivity index (χ3v) is 4.26. The fourth-order valence-corrected chi connectivity index (χ4v) is 3.22. The van der Waals surface area contributed by atoms with Crippen molar-refractivity contribution in [2.45, 2.75) is 25.4 Å². The molecule has 1 N–H and O–H groups in total. The van der Waals surface area contributed by atoms with E-state index >= 15 is 0 Å². The van der Waals surface area contributed by atoms with Crippen molar-refractivity contribution in [3.63, 3.8) is 0 Å². The molecule has 3 saturated heterocycles. The predicted octanol–water partition coefficient (Wildman–Crippen LogP) is 0.517. The summed E-state index contributed by atoms with van der Waals surface area (Å²) in [7, 11) is 0. The van der Waals surface area contributed by atoms with E-state index in [1.807, 2.05) is 12.4 Å². The lowest BCUT2D eigenvalue weighted by Crippen LogP contribution is -2.64. The Labute approximate surface area is 115 Å². The number of piperazine rings is 3. The first kappa shape index (κ1) is 13.0. The third-order valence-electron chi connectivity index (χ3n) is 4.26. The molecule has 3 aliphatic rings. The zero-order chi connectivity index (χ0) is 13.1. The van der Waals surface area contributed by atoms with Gasteiger partial charge in [-0.3, -0.25) is 9.80 Å². The van der Waals surface area contributed by atoms with Gasteiger partial charge in [-0.25, -0.2) is 9.97 Å². The van der Waals surface area contributed by atoms with E-state index in [2.05, 4.69) is 32.0 Å². The Bertz CT molecular complexity index is 388. The summed E-state index contributed by atoms with van der Waals surface area (Å²) in [4.78, 5) is 13.6. The number of fused-ring (bicyclic) bond motifs is 3. The summed E-state index contributed by atoms with van der Waals surface area (Å²) in [6.07, 6.45) is 6.68. The van der Waals surface area contributed by atoms with Crippen molar-refractivity contribution < 1.29 is 0 Å². The molecule has 4 heterocycles. The van der Waals surface area contributed by atoms with Crippen molar-refractivity contribution in [1.29, 1.82) is 0 Å². The van der Waals surface area contributed by atoms with E-state index in [0.29, 0.717) is 12.1 Å². The van der Waals surface area contributed by atoms with Crippen molar-refractivity contribution in [3.8, 4) is 0 Å². The highest BCUT2D eigenvalue weighted by atomic mass is 15.4. The van der Waals surface area contributed by atoms with Gasteiger partial charge in [0.25, 0.3) is 0 Å². The highest BCUT2D eigenvalue weighted by Crippen LogP contribution is 2.26. The van der Waals surface area contributed by atoms with Crippen LogP contribution in [0.15, 0.2) is 18.7 Å². The van der Waals surface area contributed by atoms with Crippen LogP contribution in [0.2, 0.25) is 0 Å². The summed E-state index contributed by atoms with van der Waals surface area (Å²) >= 11 is 0. The second-order valence-corrected chi connectivity index (χ2v) is 5.51. The van der Waals surface area contributed by atoms with Gasteiger partial charge in [-0.1, -0.05) is 6.92 Å². The predicted molar refractivity (Wildman–Crippen MR) is 74.9 cm³/mol. The third kappa shape index (κ3) is 2.78. The topological polar surface area (TPSA) is 44.3 Å². The second kappa shape index (κ2) is 5.94. The molecule has 19 heavy (non-hydrogen) atoms. The molecule has 2 atom stereocenters. The second-order valence-electron chi connectivity index (χ2n) is 5.51. The van der Waals surface area contributed by atoms with Crippen LogP contribution in [0.1, 0.15) is 24.9 Å². The van der Waals surface area contributed by atoms with E-state index in [4.69, 9.17) is 0 Å². The number of rotatable bonds is 5. The Morgan fingerprint density at radius 2 is 2.00 bits per heavy atom. The van der Waals surface area contributed by atoms with E-state index < -0.39 is 0 Å². The highest BCUT2D eigenvalue weighted by molar-refractivity contribution is 5.14. The molecule has 1 aromatic rings. The van der Waals surface area contributed by atoms with Crippen molar-refractivity contribution in [3.05, 3.63) is 24.3 Å². The van der Waals surface area contributed by atoms with Gasteiger partial charge in [0, 0.05) is 56.7 Å². The lowest BCUT2D eigenvalue weighted by atomic mass is 9.95. The van der Waals surface area contributed by atoms with Gasteiger partial charge >= 0.3 is 0 Å².